The second-order valence-electron chi connectivity index (χ2n) is 8.37. The quantitative estimate of drug-likeness (QED) is 0.415. The maximum atomic E-state index is 12.1. The highest BCUT2D eigenvalue weighted by Crippen LogP contribution is 2.33. The summed E-state index contributed by atoms with van der Waals surface area (Å²) in [5.74, 6) is 0.577. The van der Waals surface area contributed by atoms with Crippen molar-refractivity contribution in [1.82, 2.24) is 30.0 Å². The molecule has 1 aromatic carbocycles. The van der Waals surface area contributed by atoms with Crippen molar-refractivity contribution in [2.45, 2.75) is 20.1 Å². The lowest BCUT2D eigenvalue weighted by Gasteiger charge is -2.16. The van der Waals surface area contributed by atoms with Gasteiger partial charge in [-0.15, -0.1) is 0 Å². The first-order valence-corrected chi connectivity index (χ1v) is 11.3. The lowest BCUT2D eigenvalue weighted by Crippen LogP contribution is -2.33. The van der Waals surface area contributed by atoms with Gasteiger partial charge in [-0.1, -0.05) is 23.7 Å². The van der Waals surface area contributed by atoms with Gasteiger partial charge >= 0.3 is 0 Å². The molecule has 0 aliphatic carbocycles. The van der Waals surface area contributed by atoms with E-state index in [1.807, 2.05) is 61.9 Å². The summed E-state index contributed by atoms with van der Waals surface area (Å²) < 4.78 is 8.08. The van der Waals surface area contributed by atoms with E-state index in [1.165, 1.54) is 0 Å². The molecule has 176 valence electrons. The number of hydrogen-bond acceptors (Lipinski definition) is 6. The van der Waals surface area contributed by atoms with Gasteiger partial charge in [0.25, 0.3) is 0 Å². The number of fused-ring (bicyclic) bond motifs is 1. The zero-order valence-corrected chi connectivity index (χ0v) is 20.4. The zero-order valence-electron chi connectivity index (χ0n) is 19.7. The molecular formula is C25H27ClN6O2. The molecule has 0 atom stereocenters. The van der Waals surface area contributed by atoms with Crippen LogP contribution in [0.15, 0.2) is 48.9 Å². The fourth-order valence-corrected chi connectivity index (χ4v) is 4.05. The van der Waals surface area contributed by atoms with Gasteiger partial charge < -0.3 is 15.0 Å². The highest BCUT2D eigenvalue weighted by Gasteiger charge is 2.15. The first kappa shape index (κ1) is 23.7. The minimum Gasteiger partial charge on any atom is -0.487 e. The average molecular weight is 479 g/mol. The van der Waals surface area contributed by atoms with E-state index >= 15 is 0 Å². The summed E-state index contributed by atoms with van der Waals surface area (Å²) in [4.78, 5) is 22.8. The normalized spacial score (nSPS) is 11.2. The Hall–Kier alpha value is -3.49. The monoisotopic (exact) mass is 478 g/mol. The molecule has 0 bridgehead atoms. The van der Waals surface area contributed by atoms with Gasteiger partial charge in [-0.3, -0.25) is 14.5 Å². The second kappa shape index (κ2) is 10.2. The number of amides is 1. The maximum absolute atomic E-state index is 12.1. The van der Waals surface area contributed by atoms with Crippen molar-refractivity contribution in [3.8, 4) is 17.0 Å². The van der Waals surface area contributed by atoms with E-state index in [-0.39, 0.29) is 12.5 Å². The van der Waals surface area contributed by atoms with Crippen LogP contribution >= 0.6 is 11.6 Å². The van der Waals surface area contributed by atoms with Crippen LogP contribution in [0.4, 0.5) is 0 Å². The zero-order chi connectivity index (χ0) is 24.2. The number of carbonyl (C=O) groups excluding carboxylic acids is 1. The van der Waals surface area contributed by atoms with Crippen LogP contribution in [0, 0.1) is 6.92 Å². The minimum absolute atomic E-state index is 0.0757. The Morgan fingerprint density at radius 1 is 1.24 bits per heavy atom. The van der Waals surface area contributed by atoms with Crippen molar-refractivity contribution in [2.75, 3.05) is 20.6 Å². The highest BCUT2D eigenvalue weighted by molar-refractivity contribution is 6.31. The molecule has 34 heavy (non-hydrogen) atoms. The standard InChI is InChI=1S/C25H27ClN6O2/c1-16-10-19(22-8-9-29-32(22)4)18-6-5-7-23(25(18)30-16)34-15-20-17(11-27-13-21(20)26)12-28-24(33)14-31(2)3/h5-11,13H,12,14-15H2,1-4H3,(H,28,33). The summed E-state index contributed by atoms with van der Waals surface area (Å²) in [5.41, 5.74) is 5.27. The third kappa shape index (κ3) is 5.18. The number of nitrogens with one attached hydrogen (secondary N) is 1. The summed E-state index contributed by atoms with van der Waals surface area (Å²) in [6, 6.07) is 9.91. The fraction of sp³-hybridized carbons (Fsp3) is 0.280. The molecule has 0 fully saturated rings. The molecule has 9 heteroatoms. The molecule has 0 aliphatic rings. The summed E-state index contributed by atoms with van der Waals surface area (Å²) in [6.07, 6.45) is 5.06. The number of para-hydroxylation sites is 1. The van der Waals surface area contributed by atoms with E-state index in [0.29, 0.717) is 23.9 Å². The molecule has 1 amide bonds. The lowest BCUT2D eigenvalue weighted by molar-refractivity contribution is -0.121. The molecule has 0 radical (unpaired) electrons. The molecule has 0 saturated heterocycles. The van der Waals surface area contributed by atoms with Crippen LogP contribution in [0.25, 0.3) is 22.2 Å². The molecule has 1 N–H and O–H groups in total. The smallest absolute Gasteiger partial charge is 0.234 e. The van der Waals surface area contributed by atoms with E-state index in [9.17, 15) is 4.79 Å². The highest BCUT2D eigenvalue weighted by atomic mass is 35.5. The third-order valence-electron chi connectivity index (χ3n) is 5.43. The van der Waals surface area contributed by atoms with Gasteiger partial charge in [0.15, 0.2) is 0 Å². The van der Waals surface area contributed by atoms with Crippen molar-refractivity contribution < 1.29 is 9.53 Å². The summed E-state index contributed by atoms with van der Waals surface area (Å²) >= 11 is 6.46. The predicted octanol–water partition coefficient (Wildman–Crippen LogP) is 3.75. The first-order chi connectivity index (χ1) is 16.3. The van der Waals surface area contributed by atoms with Crippen LogP contribution < -0.4 is 10.1 Å². The van der Waals surface area contributed by atoms with E-state index in [2.05, 4.69) is 21.5 Å². The van der Waals surface area contributed by atoms with Gasteiger partial charge in [-0.25, -0.2) is 4.98 Å². The number of benzene rings is 1. The number of nitrogens with zero attached hydrogens (tertiary/aromatic N) is 5. The predicted molar refractivity (Wildman–Crippen MR) is 133 cm³/mol. The molecule has 0 saturated carbocycles. The molecule has 4 aromatic rings. The number of rotatable bonds is 8. The third-order valence-corrected chi connectivity index (χ3v) is 5.76. The number of aryl methyl sites for hydroxylation is 2. The molecule has 0 spiro atoms. The topological polar surface area (TPSA) is 85.2 Å². The number of halogens is 1. The van der Waals surface area contributed by atoms with Gasteiger partial charge in [0.05, 0.1) is 17.3 Å². The van der Waals surface area contributed by atoms with Crippen LogP contribution in [-0.4, -0.2) is 51.2 Å². The van der Waals surface area contributed by atoms with Gasteiger partial charge in [-0.05, 0) is 44.8 Å². The number of carbonyl (C=O) groups is 1. The summed E-state index contributed by atoms with van der Waals surface area (Å²) in [6.45, 7) is 2.80. The Balaban J connectivity index is 1.62. The van der Waals surface area contributed by atoms with Crippen LogP contribution in [-0.2, 0) is 25.0 Å². The largest absolute Gasteiger partial charge is 0.487 e. The van der Waals surface area contributed by atoms with Crippen LogP contribution in [0.1, 0.15) is 16.8 Å². The number of hydrogen-bond donors (Lipinski definition) is 1. The lowest BCUT2D eigenvalue weighted by atomic mass is 10.0. The van der Waals surface area contributed by atoms with Gasteiger partial charge in [0.1, 0.15) is 17.9 Å². The molecule has 4 rings (SSSR count). The number of likely N-dealkylation sites (N-methyl/N-ethyl adjacent to an activating group) is 1. The molecular weight excluding hydrogens is 452 g/mol. The van der Waals surface area contributed by atoms with Crippen molar-refractivity contribution in [3.63, 3.8) is 0 Å². The Morgan fingerprint density at radius 2 is 2.06 bits per heavy atom. The Bertz CT molecular complexity index is 1330. The second-order valence-corrected chi connectivity index (χ2v) is 8.77. The number of ether oxygens (including phenoxy) is 1. The number of aromatic nitrogens is 4. The van der Waals surface area contributed by atoms with Crippen LogP contribution in [0.2, 0.25) is 5.02 Å². The van der Waals surface area contributed by atoms with Crippen molar-refractivity contribution in [1.29, 1.82) is 0 Å². The van der Waals surface area contributed by atoms with Crippen molar-refractivity contribution >= 4 is 28.4 Å². The molecule has 0 unspecified atom stereocenters. The first-order valence-electron chi connectivity index (χ1n) is 10.9. The fourth-order valence-electron chi connectivity index (χ4n) is 3.82. The van der Waals surface area contributed by atoms with Crippen LogP contribution in [0.3, 0.4) is 0 Å². The molecule has 3 heterocycles. The maximum Gasteiger partial charge on any atom is 0.234 e. The van der Waals surface area contributed by atoms with E-state index < -0.39 is 0 Å². The van der Waals surface area contributed by atoms with E-state index in [4.69, 9.17) is 21.3 Å². The van der Waals surface area contributed by atoms with Crippen molar-refractivity contribution in [2.24, 2.45) is 7.05 Å². The van der Waals surface area contributed by atoms with E-state index in [1.54, 1.807) is 18.6 Å². The molecule has 3 aromatic heterocycles. The Kier molecular flexibility index (Phi) is 7.09. The van der Waals surface area contributed by atoms with Crippen LogP contribution in [0.5, 0.6) is 5.75 Å². The van der Waals surface area contributed by atoms with E-state index in [0.717, 1.165) is 39.0 Å². The number of pyridine rings is 2. The molecule has 0 aliphatic heterocycles. The SMILES string of the molecule is Cc1cc(-c2ccnn2C)c2cccc(OCc3c(Cl)cncc3CNC(=O)CN(C)C)c2n1. The van der Waals surface area contributed by atoms with Crippen molar-refractivity contribution in [3.05, 3.63) is 70.8 Å². The average Bonchev–Trinajstić information content (AvgIpc) is 3.21. The van der Waals surface area contributed by atoms with Gasteiger partial charge in [0, 0.05) is 54.4 Å². The Labute approximate surface area is 203 Å². The summed E-state index contributed by atoms with van der Waals surface area (Å²) in [5, 5.41) is 8.67. The summed E-state index contributed by atoms with van der Waals surface area (Å²) in [7, 11) is 5.61. The van der Waals surface area contributed by atoms with Gasteiger partial charge in [0.2, 0.25) is 5.91 Å². The van der Waals surface area contributed by atoms with Gasteiger partial charge in [-0.2, -0.15) is 5.10 Å². The Morgan fingerprint density at radius 3 is 2.79 bits per heavy atom. The minimum atomic E-state index is -0.0757. The molecule has 8 nitrogen and oxygen atoms in total.